The topological polar surface area (TPSA) is 59.5 Å². The summed E-state index contributed by atoms with van der Waals surface area (Å²) in [5, 5.41) is 23.6. The van der Waals surface area contributed by atoms with Gasteiger partial charge in [-0.3, -0.25) is 4.90 Å². The fourth-order valence-corrected chi connectivity index (χ4v) is 5.68. The zero-order valence-electron chi connectivity index (χ0n) is 16.9. The van der Waals surface area contributed by atoms with Gasteiger partial charge in [-0.2, -0.15) is 0 Å². The van der Waals surface area contributed by atoms with Crippen molar-refractivity contribution in [2.24, 2.45) is 0 Å². The maximum absolute atomic E-state index is 12.2. The normalized spacial score (nSPS) is 26.8. The molecule has 1 aromatic heterocycles. The van der Waals surface area contributed by atoms with Crippen LogP contribution in [0, 0.1) is 6.92 Å². The number of aromatic nitrogens is 1. The number of piperidine rings is 1. The number of nitrogens with zero attached hydrogens (tertiary/aromatic N) is 1. The number of β-amino-alcohol motifs (C(OH)–C–C–N with tert-alkyl or cyclic N) is 1. The van der Waals surface area contributed by atoms with Gasteiger partial charge in [0.2, 0.25) is 0 Å². The molecule has 0 bridgehead atoms. The SMILES string of the molecule is C=CCN1CCC2(c3cccc(O)c3)Cc3[nH]c4ccc(C)cc4c3CC2(O)C1. The molecule has 29 heavy (non-hydrogen) atoms. The lowest BCUT2D eigenvalue weighted by Gasteiger charge is -2.56. The van der Waals surface area contributed by atoms with Gasteiger partial charge in [0.05, 0.1) is 5.60 Å². The molecule has 3 N–H and O–H groups in total. The Balaban J connectivity index is 1.70. The first-order valence-corrected chi connectivity index (χ1v) is 10.4. The van der Waals surface area contributed by atoms with Crippen LogP contribution in [0.2, 0.25) is 0 Å². The van der Waals surface area contributed by atoms with Crippen LogP contribution in [0.25, 0.3) is 10.9 Å². The summed E-state index contributed by atoms with van der Waals surface area (Å²) in [5.74, 6) is 0.255. The molecule has 1 fully saturated rings. The predicted molar refractivity (Wildman–Crippen MR) is 116 cm³/mol. The minimum Gasteiger partial charge on any atom is -0.508 e. The highest BCUT2D eigenvalue weighted by atomic mass is 16.3. The number of rotatable bonds is 3. The summed E-state index contributed by atoms with van der Waals surface area (Å²) in [6.07, 6.45) is 4.11. The maximum atomic E-state index is 12.2. The molecule has 4 nitrogen and oxygen atoms in total. The minimum absolute atomic E-state index is 0.255. The molecule has 0 saturated carbocycles. The highest BCUT2D eigenvalue weighted by Crippen LogP contribution is 2.51. The number of nitrogens with one attached hydrogen (secondary N) is 1. The summed E-state index contributed by atoms with van der Waals surface area (Å²) in [4.78, 5) is 5.93. The number of aryl methyl sites for hydroxylation is 1. The van der Waals surface area contributed by atoms with Crippen LogP contribution in [0.4, 0.5) is 0 Å². The number of aromatic amines is 1. The van der Waals surface area contributed by atoms with Crippen molar-refractivity contribution in [1.29, 1.82) is 0 Å². The van der Waals surface area contributed by atoms with Crippen molar-refractivity contribution in [1.82, 2.24) is 9.88 Å². The Hall–Kier alpha value is -2.56. The molecule has 1 aliphatic carbocycles. The van der Waals surface area contributed by atoms with Gasteiger partial charge in [0, 0.05) is 47.9 Å². The number of aromatic hydroxyl groups is 1. The van der Waals surface area contributed by atoms with E-state index in [4.69, 9.17) is 0 Å². The van der Waals surface area contributed by atoms with Gasteiger partial charge in [-0.25, -0.2) is 0 Å². The Morgan fingerprint density at radius 3 is 2.86 bits per heavy atom. The predicted octanol–water partition coefficient (Wildman–Crippen LogP) is 3.84. The second-order valence-electron chi connectivity index (χ2n) is 8.92. The summed E-state index contributed by atoms with van der Waals surface area (Å²) >= 11 is 0. The maximum Gasteiger partial charge on any atom is 0.115 e. The molecule has 0 spiro atoms. The van der Waals surface area contributed by atoms with Crippen LogP contribution in [-0.2, 0) is 18.3 Å². The number of likely N-dealkylation sites (tertiary alicyclic amines) is 1. The van der Waals surface area contributed by atoms with E-state index in [1.54, 1.807) is 6.07 Å². The molecule has 2 heterocycles. The molecule has 1 aliphatic heterocycles. The van der Waals surface area contributed by atoms with Crippen molar-refractivity contribution in [3.63, 3.8) is 0 Å². The zero-order chi connectivity index (χ0) is 20.2. The van der Waals surface area contributed by atoms with Crippen LogP contribution in [0.1, 0.15) is 28.8 Å². The highest BCUT2D eigenvalue weighted by Gasteiger charge is 2.57. The first-order valence-electron chi connectivity index (χ1n) is 10.4. The van der Waals surface area contributed by atoms with Crippen molar-refractivity contribution in [2.75, 3.05) is 19.6 Å². The Morgan fingerprint density at radius 1 is 1.21 bits per heavy atom. The Bertz CT molecular complexity index is 1100. The number of benzene rings is 2. The lowest BCUT2D eigenvalue weighted by molar-refractivity contribution is -0.100. The van der Waals surface area contributed by atoms with Gasteiger partial charge in [-0.15, -0.1) is 6.58 Å². The quantitative estimate of drug-likeness (QED) is 0.598. The van der Waals surface area contributed by atoms with Gasteiger partial charge in [-0.1, -0.05) is 29.8 Å². The Kier molecular flexibility index (Phi) is 4.12. The fourth-order valence-electron chi connectivity index (χ4n) is 5.68. The van der Waals surface area contributed by atoms with Crippen LogP contribution < -0.4 is 0 Å². The van der Waals surface area contributed by atoms with Crippen molar-refractivity contribution in [3.8, 4) is 5.75 Å². The zero-order valence-corrected chi connectivity index (χ0v) is 16.9. The third-order valence-corrected chi connectivity index (χ3v) is 7.11. The van der Waals surface area contributed by atoms with Crippen molar-refractivity contribution in [2.45, 2.75) is 37.2 Å². The second kappa shape index (κ2) is 6.48. The van der Waals surface area contributed by atoms with E-state index in [-0.39, 0.29) is 5.75 Å². The molecule has 3 aromatic rings. The Labute approximate surface area is 171 Å². The molecule has 2 aliphatic rings. The molecular formula is C25H28N2O2. The monoisotopic (exact) mass is 388 g/mol. The van der Waals surface area contributed by atoms with E-state index in [0.29, 0.717) is 13.0 Å². The highest BCUT2D eigenvalue weighted by molar-refractivity contribution is 5.86. The van der Waals surface area contributed by atoms with Crippen LogP contribution in [0.5, 0.6) is 5.75 Å². The third kappa shape index (κ3) is 2.74. The van der Waals surface area contributed by atoms with Crippen LogP contribution in [0.3, 0.4) is 0 Å². The van der Waals surface area contributed by atoms with E-state index in [1.165, 1.54) is 22.2 Å². The minimum atomic E-state index is -0.909. The number of aliphatic hydroxyl groups is 1. The van der Waals surface area contributed by atoms with Crippen LogP contribution in [0.15, 0.2) is 55.1 Å². The lowest BCUT2D eigenvalue weighted by Crippen LogP contribution is -2.66. The molecule has 0 amide bonds. The number of fused-ring (bicyclic) bond motifs is 4. The summed E-state index contributed by atoms with van der Waals surface area (Å²) in [7, 11) is 0. The molecule has 2 unspecified atom stereocenters. The summed E-state index contributed by atoms with van der Waals surface area (Å²) in [5.41, 5.74) is 4.52. The molecule has 0 radical (unpaired) electrons. The molecule has 4 heteroatoms. The fraction of sp³-hybridized carbons (Fsp3) is 0.360. The number of phenolic OH excluding ortho intramolecular Hbond substituents is 1. The van der Waals surface area contributed by atoms with Crippen molar-refractivity contribution >= 4 is 10.9 Å². The van der Waals surface area contributed by atoms with Gasteiger partial charge in [-0.05, 0) is 55.3 Å². The largest absolute Gasteiger partial charge is 0.508 e. The molecule has 150 valence electrons. The van der Waals surface area contributed by atoms with Gasteiger partial charge >= 0.3 is 0 Å². The van der Waals surface area contributed by atoms with Gasteiger partial charge in [0.1, 0.15) is 5.75 Å². The number of phenols is 1. The molecule has 1 saturated heterocycles. The van der Waals surface area contributed by atoms with Crippen molar-refractivity contribution in [3.05, 3.63) is 77.5 Å². The van der Waals surface area contributed by atoms with Crippen LogP contribution in [-0.4, -0.2) is 45.3 Å². The lowest BCUT2D eigenvalue weighted by atomic mass is 9.56. The molecule has 5 rings (SSSR count). The second-order valence-corrected chi connectivity index (χ2v) is 8.92. The number of hydrogen-bond donors (Lipinski definition) is 3. The third-order valence-electron chi connectivity index (χ3n) is 7.11. The summed E-state index contributed by atoms with van der Waals surface area (Å²) in [6, 6.07) is 14.0. The van der Waals surface area contributed by atoms with Gasteiger partial charge < -0.3 is 15.2 Å². The Morgan fingerprint density at radius 2 is 2.07 bits per heavy atom. The molecule has 2 aromatic carbocycles. The van der Waals surface area contributed by atoms with E-state index in [9.17, 15) is 10.2 Å². The smallest absolute Gasteiger partial charge is 0.115 e. The summed E-state index contributed by atoms with van der Waals surface area (Å²) in [6.45, 7) is 8.28. The van der Waals surface area contributed by atoms with E-state index in [0.717, 1.165) is 37.0 Å². The van der Waals surface area contributed by atoms with Crippen LogP contribution >= 0.6 is 0 Å². The van der Waals surface area contributed by atoms with Crippen molar-refractivity contribution < 1.29 is 10.2 Å². The first kappa shape index (κ1) is 18.5. The summed E-state index contributed by atoms with van der Waals surface area (Å²) < 4.78 is 0. The average molecular weight is 389 g/mol. The molecule has 2 atom stereocenters. The average Bonchev–Trinajstić information content (AvgIpc) is 3.02. The molecular weight excluding hydrogens is 360 g/mol. The first-order chi connectivity index (χ1) is 13.9. The van der Waals surface area contributed by atoms with E-state index >= 15 is 0 Å². The van der Waals surface area contributed by atoms with Gasteiger partial charge in [0.25, 0.3) is 0 Å². The van der Waals surface area contributed by atoms with E-state index < -0.39 is 11.0 Å². The number of H-pyrrole nitrogens is 1. The standard InChI is InChI=1S/C25H28N2O2/c1-3-10-27-11-9-24(18-5-4-6-19(28)13-18)15-23-21(14-25(24,29)16-27)20-12-17(2)7-8-22(20)26-23/h3-8,12-13,26,28-29H,1,9-11,14-16H2,2H3. The van der Waals surface area contributed by atoms with E-state index in [1.807, 2.05) is 18.2 Å². The number of hydrogen-bond acceptors (Lipinski definition) is 3. The van der Waals surface area contributed by atoms with E-state index in [2.05, 4.69) is 47.7 Å². The van der Waals surface area contributed by atoms with Gasteiger partial charge in [0.15, 0.2) is 0 Å².